The summed E-state index contributed by atoms with van der Waals surface area (Å²) >= 11 is 0. The minimum absolute atomic E-state index is 0.153. The minimum atomic E-state index is -1.30. The van der Waals surface area contributed by atoms with Gasteiger partial charge in [-0.05, 0) is 38.5 Å². The highest BCUT2D eigenvalue weighted by Gasteiger charge is 2.09. The predicted octanol–water partition coefficient (Wildman–Crippen LogP) is 5.52. The Labute approximate surface area is 152 Å². The van der Waals surface area contributed by atoms with Gasteiger partial charge in [-0.1, -0.05) is 79.8 Å². The number of carbonyl (C=O) groups is 1. The Balaban J connectivity index is 3.59. The van der Waals surface area contributed by atoms with Crippen molar-refractivity contribution in [2.24, 2.45) is 0 Å². The number of aliphatic carboxylic acids is 1. The molecule has 138 valence electrons. The number of allylic oxidation sites excluding steroid dienone is 11. The molecule has 0 amide bonds. The number of carboxylic acids is 1. The van der Waals surface area contributed by atoms with Crippen molar-refractivity contribution in [3.8, 4) is 0 Å². The van der Waals surface area contributed by atoms with Gasteiger partial charge in [-0.3, -0.25) is 0 Å². The van der Waals surface area contributed by atoms with Crippen LogP contribution < -0.4 is 0 Å². The molecule has 1 atom stereocenters. The molecular formula is C22H32O3. The van der Waals surface area contributed by atoms with Crippen molar-refractivity contribution in [2.45, 2.75) is 58.0 Å². The van der Waals surface area contributed by atoms with Crippen molar-refractivity contribution in [2.75, 3.05) is 0 Å². The number of hydrogen-bond acceptors (Lipinski definition) is 2. The molecule has 0 spiro atoms. The van der Waals surface area contributed by atoms with Crippen LogP contribution in [0.2, 0.25) is 0 Å². The van der Waals surface area contributed by atoms with Crippen LogP contribution in [0.15, 0.2) is 72.9 Å². The van der Waals surface area contributed by atoms with E-state index in [1.54, 1.807) is 6.08 Å². The molecule has 0 aliphatic carbocycles. The average molecular weight is 344 g/mol. The largest absolute Gasteiger partial charge is 0.479 e. The Morgan fingerprint density at radius 3 is 1.32 bits per heavy atom. The summed E-state index contributed by atoms with van der Waals surface area (Å²) in [6.07, 6.45) is 29.6. The van der Waals surface area contributed by atoms with Crippen LogP contribution in [0.25, 0.3) is 0 Å². The standard InChI is InChI=1S/C22H32O3/c1-2-3-4-5-6-7-8-9-10-11-12-13-14-15-16-17-18-19-20-21(23)22(24)25/h3-4,6-7,9-10,12-13,15-16,18-19,21,23H,2,5,8,11,14,17,20H2,1H3,(H,24,25)/b4-3-,7-6-,10-9-,13-12-,16-15-,19-18-. The summed E-state index contributed by atoms with van der Waals surface area (Å²) in [5.74, 6) is -1.18. The molecule has 0 saturated heterocycles. The molecule has 25 heavy (non-hydrogen) atoms. The lowest BCUT2D eigenvalue weighted by molar-refractivity contribution is -0.146. The van der Waals surface area contributed by atoms with Gasteiger partial charge in [-0.2, -0.15) is 0 Å². The Kier molecular flexibility index (Phi) is 16.7. The van der Waals surface area contributed by atoms with E-state index < -0.39 is 12.1 Å². The fourth-order valence-electron chi connectivity index (χ4n) is 1.85. The van der Waals surface area contributed by atoms with Gasteiger partial charge in [0, 0.05) is 6.42 Å². The third kappa shape index (κ3) is 18.1. The molecule has 0 fully saturated rings. The topological polar surface area (TPSA) is 57.5 Å². The number of rotatable bonds is 14. The van der Waals surface area contributed by atoms with E-state index in [0.29, 0.717) is 0 Å². The summed E-state index contributed by atoms with van der Waals surface area (Å²) in [4.78, 5) is 10.4. The van der Waals surface area contributed by atoms with Gasteiger partial charge in [-0.25, -0.2) is 4.79 Å². The minimum Gasteiger partial charge on any atom is -0.479 e. The lowest BCUT2D eigenvalue weighted by Crippen LogP contribution is -2.17. The number of aliphatic hydroxyl groups excluding tert-OH is 1. The van der Waals surface area contributed by atoms with Crippen LogP contribution in [-0.4, -0.2) is 22.3 Å². The molecule has 0 aromatic carbocycles. The van der Waals surface area contributed by atoms with Crippen molar-refractivity contribution < 1.29 is 15.0 Å². The van der Waals surface area contributed by atoms with E-state index in [2.05, 4.69) is 61.6 Å². The van der Waals surface area contributed by atoms with Crippen LogP contribution in [-0.2, 0) is 4.79 Å². The Morgan fingerprint density at radius 2 is 1.00 bits per heavy atom. The van der Waals surface area contributed by atoms with Crippen molar-refractivity contribution in [1.29, 1.82) is 0 Å². The highest BCUT2D eigenvalue weighted by molar-refractivity contribution is 5.72. The fraction of sp³-hybridized carbons (Fsp3) is 0.409. The van der Waals surface area contributed by atoms with Crippen molar-refractivity contribution in [3.63, 3.8) is 0 Å². The first kappa shape index (κ1) is 22.9. The molecule has 0 radical (unpaired) electrons. The predicted molar refractivity (Wildman–Crippen MR) is 106 cm³/mol. The summed E-state index contributed by atoms with van der Waals surface area (Å²) in [6, 6.07) is 0. The fourth-order valence-corrected chi connectivity index (χ4v) is 1.85. The maximum atomic E-state index is 10.4. The number of aliphatic hydroxyl groups is 1. The molecule has 0 bridgehead atoms. The first-order valence-electron chi connectivity index (χ1n) is 8.99. The van der Waals surface area contributed by atoms with Gasteiger partial charge >= 0.3 is 5.97 Å². The Bertz CT molecular complexity index is 493. The van der Waals surface area contributed by atoms with Crippen molar-refractivity contribution in [3.05, 3.63) is 72.9 Å². The normalized spacial score (nSPS) is 14.3. The summed E-state index contributed by atoms with van der Waals surface area (Å²) in [5.41, 5.74) is 0. The van der Waals surface area contributed by atoms with Crippen LogP contribution >= 0.6 is 0 Å². The molecule has 1 unspecified atom stereocenters. The van der Waals surface area contributed by atoms with E-state index in [4.69, 9.17) is 10.2 Å². The first-order chi connectivity index (χ1) is 12.2. The molecule has 0 aromatic rings. The Morgan fingerprint density at radius 1 is 0.680 bits per heavy atom. The summed E-state index contributed by atoms with van der Waals surface area (Å²) < 4.78 is 0. The molecule has 0 aromatic heterocycles. The Hall–Kier alpha value is -2.13. The van der Waals surface area contributed by atoms with Crippen LogP contribution in [0.3, 0.4) is 0 Å². The molecule has 0 aliphatic heterocycles. The molecule has 0 aliphatic rings. The van der Waals surface area contributed by atoms with E-state index in [1.807, 2.05) is 12.2 Å². The molecular weight excluding hydrogens is 312 g/mol. The van der Waals surface area contributed by atoms with Crippen LogP contribution in [0, 0.1) is 0 Å². The maximum Gasteiger partial charge on any atom is 0.332 e. The van der Waals surface area contributed by atoms with E-state index >= 15 is 0 Å². The summed E-state index contributed by atoms with van der Waals surface area (Å²) in [6.45, 7) is 2.14. The van der Waals surface area contributed by atoms with E-state index in [0.717, 1.165) is 38.5 Å². The second-order valence-electron chi connectivity index (χ2n) is 5.50. The van der Waals surface area contributed by atoms with Gasteiger partial charge in [0.1, 0.15) is 0 Å². The van der Waals surface area contributed by atoms with Crippen molar-refractivity contribution >= 4 is 5.97 Å². The SMILES string of the molecule is CC/C=C\C/C=C\C/C=C\C/C=C\C/C=C\C/C=C\CC(O)C(=O)O. The van der Waals surface area contributed by atoms with Gasteiger partial charge in [-0.15, -0.1) is 0 Å². The highest BCUT2D eigenvalue weighted by Crippen LogP contribution is 1.98. The maximum absolute atomic E-state index is 10.4. The average Bonchev–Trinajstić information content (AvgIpc) is 2.60. The monoisotopic (exact) mass is 344 g/mol. The zero-order valence-corrected chi connectivity index (χ0v) is 15.3. The van der Waals surface area contributed by atoms with Gasteiger partial charge in [0.15, 0.2) is 6.10 Å². The second-order valence-corrected chi connectivity index (χ2v) is 5.50. The van der Waals surface area contributed by atoms with Crippen LogP contribution in [0.1, 0.15) is 51.9 Å². The third-order valence-electron chi connectivity index (χ3n) is 3.24. The molecule has 2 N–H and O–H groups in total. The van der Waals surface area contributed by atoms with Gasteiger partial charge in [0.05, 0.1) is 0 Å². The highest BCUT2D eigenvalue weighted by atomic mass is 16.4. The van der Waals surface area contributed by atoms with Crippen molar-refractivity contribution in [1.82, 2.24) is 0 Å². The van der Waals surface area contributed by atoms with Crippen LogP contribution in [0.5, 0.6) is 0 Å². The number of hydrogen-bond donors (Lipinski definition) is 2. The van der Waals surface area contributed by atoms with E-state index in [-0.39, 0.29) is 6.42 Å². The summed E-state index contributed by atoms with van der Waals surface area (Å²) in [5, 5.41) is 17.6. The van der Waals surface area contributed by atoms with E-state index in [1.165, 1.54) is 0 Å². The lowest BCUT2D eigenvalue weighted by atomic mass is 10.2. The van der Waals surface area contributed by atoms with Gasteiger partial charge in [0.2, 0.25) is 0 Å². The van der Waals surface area contributed by atoms with E-state index in [9.17, 15) is 4.79 Å². The molecule has 0 heterocycles. The smallest absolute Gasteiger partial charge is 0.332 e. The summed E-state index contributed by atoms with van der Waals surface area (Å²) in [7, 11) is 0. The van der Waals surface area contributed by atoms with Gasteiger partial charge < -0.3 is 10.2 Å². The molecule has 0 saturated carbocycles. The van der Waals surface area contributed by atoms with Gasteiger partial charge in [0.25, 0.3) is 0 Å². The molecule has 3 nitrogen and oxygen atoms in total. The molecule has 0 rings (SSSR count). The quantitative estimate of drug-likeness (QED) is 0.408. The lowest BCUT2D eigenvalue weighted by Gasteiger charge is -1.98. The molecule has 3 heteroatoms. The zero-order chi connectivity index (χ0) is 18.6. The second kappa shape index (κ2) is 18.2. The third-order valence-corrected chi connectivity index (χ3v) is 3.24. The zero-order valence-electron chi connectivity index (χ0n) is 15.3. The number of carboxylic acid groups (broad SMARTS) is 1. The first-order valence-corrected chi connectivity index (χ1v) is 8.99. The van der Waals surface area contributed by atoms with Crippen LogP contribution in [0.4, 0.5) is 0 Å².